The number of aryl methyl sites for hydroxylation is 1. The molecule has 4 aromatic rings. The lowest BCUT2D eigenvalue weighted by Crippen LogP contribution is -2.06. The van der Waals surface area contributed by atoms with E-state index >= 15 is 0 Å². The van der Waals surface area contributed by atoms with Gasteiger partial charge in [-0.25, -0.2) is 4.79 Å². The summed E-state index contributed by atoms with van der Waals surface area (Å²) >= 11 is 0. The van der Waals surface area contributed by atoms with Gasteiger partial charge in [0.15, 0.2) is 0 Å². The number of fused-ring (bicyclic) bond motifs is 2. The lowest BCUT2D eigenvalue weighted by molar-refractivity contribution is 0.0697. The van der Waals surface area contributed by atoms with Gasteiger partial charge in [-0.2, -0.15) is 0 Å². The number of carboxylic acid groups (broad SMARTS) is 1. The molecule has 0 saturated heterocycles. The summed E-state index contributed by atoms with van der Waals surface area (Å²) < 4.78 is 5.80. The van der Waals surface area contributed by atoms with Gasteiger partial charge in [0.05, 0.1) is 16.3 Å². The summed E-state index contributed by atoms with van der Waals surface area (Å²) in [6.45, 7) is 1.97. The van der Waals surface area contributed by atoms with Crippen molar-refractivity contribution in [3.63, 3.8) is 0 Å². The molecule has 0 aliphatic carbocycles. The maximum atomic E-state index is 12.7. The molecular weight excluding hydrogens is 344 g/mol. The van der Waals surface area contributed by atoms with Crippen LogP contribution in [0.3, 0.4) is 0 Å². The van der Waals surface area contributed by atoms with Crippen LogP contribution < -0.4 is 5.43 Å². The van der Waals surface area contributed by atoms with Crippen LogP contribution in [0, 0.1) is 6.92 Å². The summed E-state index contributed by atoms with van der Waals surface area (Å²) in [6, 6.07) is 16.7. The summed E-state index contributed by atoms with van der Waals surface area (Å²) in [4.78, 5) is 23.9. The molecule has 4 rings (SSSR count). The van der Waals surface area contributed by atoms with Gasteiger partial charge in [0.2, 0.25) is 5.43 Å². The van der Waals surface area contributed by atoms with E-state index in [0.29, 0.717) is 22.1 Å². The average Bonchev–Trinajstić information content (AvgIpc) is 2.67. The smallest absolute Gasteiger partial charge is 0.335 e. The highest BCUT2D eigenvalue weighted by Gasteiger charge is 2.15. The van der Waals surface area contributed by atoms with E-state index in [1.54, 1.807) is 18.2 Å². The Labute approximate surface area is 154 Å². The maximum Gasteiger partial charge on any atom is 0.335 e. The highest BCUT2D eigenvalue weighted by Crippen LogP contribution is 2.27. The van der Waals surface area contributed by atoms with Crippen LogP contribution in [-0.2, 0) is 0 Å². The van der Waals surface area contributed by atoms with Crippen LogP contribution in [0.4, 0.5) is 0 Å². The van der Waals surface area contributed by atoms with Crippen molar-refractivity contribution in [2.45, 2.75) is 13.0 Å². The minimum absolute atomic E-state index is 0.0283. The molecule has 0 fully saturated rings. The quantitative estimate of drug-likeness (QED) is 0.539. The van der Waals surface area contributed by atoms with Gasteiger partial charge in [-0.1, -0.05) is 35.9 Å². The first-order valence-electron chi connectivity index (χ1n) is 8.42. The monoisotopic (exact) mass is 360 g/mol. The Hall–Kier alpha value is -3.44. The normalized spacial score (nSPS) is 12.4. The van der Waals surface area contributed by atoms with Gasteiger partial charge in [0.1, 0.15) is 17.3 Å². The summed E-state index contributed by atoms with van der Waals surface area (Å²) in [7, 11) is 0. The van der Waals surface area contributed by atoms with Crippen molar-refractivity contribution in [3.05, 3.63) is 93.1 Å². The summed E-state index contributed by atoms with van der Waals surface area (Å²) in [5, 5.41) is 20.3. The van der Waals surface area contributed by atoms with E-state index in [1.165, 1.54) is 18.2 Å². The standard InChI is InChI=1S/C22H16O5/c1-12-2-4-13(5-3-12)20(23)14-6-8-16-19(11-14)27-18-9-7-15(22(25)26)10-17(18)21(16)24/h2-11,20,23H,1H3,(H,25,26). The van der Waals surface area contributed by atoms with E-state index in [-0.39, 0.29) is 16.4 Å². The molecule has 1 heterocycles. The first-order chi connectivity index (χ1) is 12.9. The fourth-order valence-electron chi connectivity index (χ4n) is 3.12. The molecule has 134 valence electrons. The molecule has 1 aromatic heterocycles. The van der Waals surface area contributed by atoms with Crippen LogP contribution in [0.5, 0.6) is 0 Å². The zero-order valence-corrected chi connectivity index (χ0v) is 14.5. The number of carboxylic acids is 1. The number of aliphatic hydroxyl groups excluding tert-OH is 1. The Bertz CT molecular complexity index is 1240. The van der Waals surface area contributed by atoms with Crippen molar-refractivity contribution in [3.8, 4) is 0 Å². The van der Waals surface area contributed by atoms with Crippen LogP contribution in [0.25, 0.3) is 21.9 Å². The van der Waals surface area contributed by atoms with Crippen molar-refractivity contribution in [2.24, 2.45) is 0 Å². The zero-order valence-electron chi connectivity index (χ0n) is 14.5. The number of aliphatic hydroxyl groups is 1. The van der Waals surface area contributed by atoms with E-state index in [1.807, 2.05) is 31.2 Å². The van der Waals surface area contributed by atoms with Crippen molar-refractivity contribution in [2.75, 3.05) is 0 Å². The number of rotatable bonds is 3. The summed E-state index contributed by atoms with van der Waals surface area (Å²) in [5.74, 6) is -1.10. The molecule has 0 bridgehead atoms. The third-order valence-electron chi connectivity index (χ3n) is 4.65. The third-order valence-corrected chi connectivity index (χ3v) is 4.65. The molecule has 0 aliphatic rings. The molecule has 1 unspecified atom stereocenters. The van der Waals surface area contributed by atoms with E-state index in [0.717, 1.165) is 11.1 Å². The highest BCUT2D eigenvalue weighted by molar-refractivity contribution is 5.96. The lowest BCUT2D eigenvalue weighted by Gasteiger charge is -2.12. The van der Waals surface area contributed by atoms with Crippen LogP contribution in [0.2, 0.25) is 0 Å². The second kappa shape index (κ2) is 6.37. The Balaban J connectivity index is 1.86. The number of carbonyl (C=O) groups is 1. The molecule has 2 N–H and O–H groups in total. The predicted molar refractivity (Wildman–Crippen MR) is 102 cm³/mol. The van der Waals surface area contributed by atoms with Gasteiger partial charge in [-0.3, -0.25) is 4.79 Å². The van der Waals surface area contributed by atoms with Crippen LogP contribution >= 0.6 is 0 Å². The van der Waals surface area contributed by atoms with E-state index in [9.17, 15) is 14.7 Å². The maximum absolute atomic E-state index is 12.7. The lowest BCUT2D eigenvalue weighted by atomic mass is 9.99. The van der Waals surface area contributed by atoms with Crippen LogP contribution in [-0.4, -0.2) is 16.2 Å². The fraction of sp³-hybridized carbons (Fsp3) is 0.0909. The van der Waals surface area contributed by atoms with Gasteiger partial charge >= 0.3 is 5.97 Å². The number of benzene rings is 3. The Morgan fingerprint density at radius 3 is 2.30 bits per heavy atom. The average molecular weight is 360 g/mol. The molecule has 5 nitrogen and oxygen atoms in total. The summed E-state index contributed by atoms with van der Waals surface area (Å²) in [6.07, 6.45) is -0.842. The fourth-order valence-corrected chi connectivity index (χ4v) is 3.12. The highest BCUT2D eigenvalue weighted by atomic mass is 16.4. The zero-order chi connectivity index (χ0) is 19.1. The van der Waals surface area contributed by atoms with E-state index in [2.05, 4.69) is 0 Å². The summed E-state index contributed by atoms with van der Waals surface area (Å²) in [5.41, 5.74) is 2.83. The first-order valence-corrected chi connectivity index (χ1v) is 8.42. The van der Waals surface area contributed by atoms with Crippen molar-refractivity contribution >= 4 is 27.9 Å². The SMILES string of the molecule is Cc1ccc(C(O)c2ccc3c(=O)c4cc(C(=O)O)ccc4oc3c2)cc1. The predicted octanol–water partition coefficient (Wildman–Crippen LogP) is 4.03. The van der Waals surface area contributed by atoms with Gasteiger partial charge in [-0.05, 0) is 48.4 Å². The number of aromatic carboxylic acids is 1. The molecule has 0 radical (unpaired) electrons. The van der Waals surface area contributed by atoms with Crippen LogP contribution in [0.15, 0.2) is 69.9 Å². The topological polar surface area (TPSA) is 87.7 Å². The molecule has 5 heteroatoms. The van der Waals surface area contributed by atoms with E-state index < -0.39 is 12.1 Å². The molecule has 0 saturated carbocycles. The van der Waals surface area contributed by atoms with Crippen molar-refractivity contribution < 1.29 is 19.4 Å². The molecule has 0 amide bonds. The Morgan fingerprint density at radius 1 is 0.889 bits per heavy atom. The van der Waals surface area contributed by atoms with Gasteiger partial charge < -0.3 is 14.6 Å². The largest absolute Gasteiger partial charge is 0.478 e. The second-order valence-corrected chi connectivity index (χ2v) is 6.52. The third kappa shape index (κ3) is 2.98. The minimum atomic E-state index is -1.10. The molecule has 0 aliphatic heterocycles. The molecular formula is C22H16O5. The number of hydrogen-bond donors (Lipinski definition) is 2. The molecule has 27 heavy (non-hydrogen) atoms. The van der Waals surface area contributed by atoms with Gasteiger partial charge in [0, 0.05) is 0 Å². The number of hydrogen-bond acceptors (Lipinski definition) is 4. The van der Waals surface area contributed by atoms with Gasteiger partial charge in [-0.15, -0.1) is 0 Å². The molecule has 0 spiro atoms. The second-order valence-electron chi connectivity index (χ2n) is 6.52. The first kappa shape index (κ1) is 17.0. The molecule has 3 aromatic carbocycles. The van der Waals surface area contributed by atoms with Crippen molar-refractivity contribution in [1.29, 1.82) is 0 Å². The molecule has 1 atom stereocenters. The van der Waals surface area contributed by atoms with Gasteiger partial charge in [0.25, 0.3) is 0 Å². The Kier molecular flexibility index (Phi) is 4.01. The minimum Gasteiger partial charge on any atom is -0.478 e. The van der Waals surface area contributed by atoms with Crippen molar-refractivity contribution in [1.82, 2.24) is 0 Å². The Morgan fingerprint density at radius 2 is 1.59 bits per heavy atom. The van der Waals surface area contributed by atoms with Crippen LogP contribution in [0.1, 0.15) is 33.2 Å². The van der Waals surface area contributed by atoms with E-state index in [4.69, 9.17) is 9.52 Å².